The molecule has 0 saturated heterocycles. The standard InChI is InChI=1S/C19H22N2O4/c1-2-24-18(22)11-16-10-15-12-20-9-8-17(15)21(16)19(23)25-13-14-6-4-3-5-7-14/h3-7,10,20H,2,8-9,11-13H2,1H3. The first kappa shape index (κ1) is 17.2. The maximum absolute atomic E-state index is 12.7. The average Bonchev–Trinajstić information content (AvgIpc) is 2.98. The minimum absolute atomic E-state index is 0.0568. The molecule has 0 amide bonds. The minimum atomic E-state index is -0.452. The normalized spacial score (nSPS) is 13.2. The van der Waals surface area contributed by atoms with Crippen LogP contribution < -0.4 is 5.32 Å². The van der Waals surface area contributed by atoms with Crippen LogP contribution in [0.4, 0.5) is 4.79 Å². The van der Waals surface area contributed by atoms with Crippen LogP contribution in [0.2, 0.25) is 0 Å². The monoisotopic (exact) mass is 342 g/mol. The number of rotatable bonds is 5. The molecule has 3 rings (SSSR count). The summed E-state index contributed by atoms with van der Waals surface area (Å²) in [5.74, 6) is -0.345. The largest absolute Gasteiger partial charge is 0.466 e. The smallest absolute Gasteiger partial charge is 0.418 e. The Labute approximate surface area is 146 Å². The number of ether oxygens (including phenoxy) is 2. The number of nitrogens with one attached hydrogen (secondary N) is 1. The number of hydrogen-bond acceptors (Lipinski definition) is 5. The van der Waals surface area contributed by atoms with E-state index in [0.29, 0.717) is 18.8 Å². The summed E-state index contributed by atoms with van der Waals surface area (Å²) in [4.78, 5) is 24.6. The molecule has 0 saturated carbocycles. The summed E-state index contributed by atoms with van der Waals surface area (Å²) >= 11 is 0. The molecule has 0 aliphatic carbocycles. The number of esters is 1. The Morgan fingerprint density at radius 3 is 2.76 bits per heavy atom. The summed E-state index contributed by atoms with van der Waals surface area (Å²) in [6.45, 7) is 3.76. The van der Waals surface area contributed by atoms with Gasteiger partial charge >= 0.3 is 12.1 Å². The Morgan fingerprint density at radius 2 is 2.00 bits per heavy atom. The number of hydrogen-bond donors (Lipinski definition) is 1. The highest BCUT2D eigenvalue weighted by atomic mass is 16.5. The van der Waals surface area contributed by atoms with Crippen molar-refractivity contribution >= 4 is 12.1 Å². The van der Waals surface area contributed by atoms with Gasteiger partial charge in [-0.1, -0.05) is 30.3 Å². The second kappa shape index (κ2) is 7.98. The zero-order chi connectivity index (χ0) is 17.6. The van der Waals surface area contributed by atoms with Gasteiger partial charge in [-0.25, -0.2) is 4.79 Å². The van der Waals surface area contributed by atoms with Crippen LogP contribution in [0.3, 0.4) is 0 Å². The van der Waals surface area contributed by atoms with Crippen LogP contribution in [0.1, 0.15) is 29.4 Å². The zero-order valence-corrected chi connectivity index (χ0v) is 14.3. The van der Waals surface area contributed by atoms with E-state index < -0.39 is 6.09 Å². The number of benzene rings is 1. The van der Waals surface area contributed by atoms with Gasteiger partial charge in [0, 0.05) is 30.9 Å². The van der Waals surface area contributed by atoms with E-state index in [1.54, 1.807) is 6.92 Å². The van der Waals surface area contributed by atoms with Crippen LogP contribution in [0.5, 0.6) is 0 Å². The first-order valence-corrected chi connectivity index (χ1v) is 8.48. The molecule has 1 aromatic heterocycles. The van der Waals surface area contributed by atoms with E-state index in [9.17, 15) is 9.59 Å². The summed E-state index contributed by atoms with van der Waals surface area (Å²) < 4.78 is 12.0. The fourth-order valence-electron chi connectivity index (χ4n) is 3.02. The summed E-state index contributed by atoms with van der Waals surface area (Å²) in [5, 5.41) is 3.28. The molecule has 6 nitrogen and oxygen atoms in total. The highest BCUT2D eigenvalue weighted by Gasteiger charge is 2.24. The second-order valence-corrected chi connectivity index (χ2v) is 5.89. The van der Waals surface area contributed by atoms with Gasteiger partial charge < -0.3 is 14.8 Å². The maximum atomic E-state index is 12.7. The predicted octanol–water partition coefficient (Wildman–Crippen LogP) is 2.42. The van der Waals surface area contributed by atoms with Gasteiger partial charge in [0.1, 0.15) is 6.61 Å². The quantitative estimate of drug-likeness (QED) is 0.845. The van der Waals surface area contributed by atoms with Gasteiger partial charge in [0.25, 0.3) is 0 Å². The summed E-state index contributed by atoms with van der Waals surface area (Å²) in [5.41, 5.74) is 3.48. The van der Waals surface area contributed by atoms with E-state index in [2.05, 4.69) is 5.32 Å². The molecular weight excluding hydrogens is 320 g/mol. The number of carbonyl (C=O) groups is 2. The molecule has 0 radical (unpaired) electrons. The van der Waals surface area contributed by atoms with Crippen molar-refractivity contribution < 1.29 is 19.1 Å². The van der Waals surface area contributed by atoms with Gasteiger partial charge in [0.15, 0.2) is 0 Å². The van der Waals surface area contributed by atoms with Crippen molar-refractivity contribution in [1.29, 1.82) is 0 Å². The molecule has 6 heteroatoms. The lowest BCUT2D eigenvalue weighted by molar-refractivity contribution is -0.142. The van der Waals surface area contributed by atoms with E-state index in [4.69, 9.17) is 9.47 Å². The molecule has 1 aliphatic rings. The van der Waals surface area contributed by atoms with Crippen LogP contribution in [0, 0.1) is 0 Å². The van der Waals surface area contributed by atoms with Gasteiger partial charge in [-0.15, -0.1) is 0 Å². The first-order valence-electron chi connectivity index (χ1n) is 8.48. The number of aromatic nitrogens is 1. The van der Waals surface area contributed by atoms with Gasteiger partial charge in [-0.3, -0.25) is 9.36 Å². The van der Waals surface area contributed by atoms with Crippen molar-refractivity contribution in [3.8, 4) is 0 Å². The summed E-state index contributed by atoms with van der Waals surface area (Å²) in [6, 6.07) is 11.4. The molecule has 0 unspecified atom stereocenters. The highest BCUT2D eigenvalue weighted by Crippen LogP contribution is 2.21. The second-order valence-electron chi connectivity index (χ2n) is 5.89. The third-order valence-corrected chi connectivity index (χ3v) is 4.14. The molecule has 2 heterocycles. The molecule has 0 spiro atoms. The van der Waals surface area contributed by atoms with E-state index in [0.717, 1.165) is 29.8 Å². The van der Waals surface area contributed by atoms with Crippen molar-refractivity contribution in [3.05, 3.63) is 58.9 Å². The van der Waals surface area contributed by atoms with E-state index >= 15 is 0 Å². The van der Waals surface area contributed by atoms with Crippen LogP contribution in [-0.4, -0.2) is 29.8 Å². The van der Waals surface area contributed by atoms with Crippen molar-refractivity contribution in [3.63, 3.8) is 0 Å². The van der Waals surface area contributed by atoms with Crippen LogP contribution in [0.15, 0.2) is 36.4 Å². The predicted molar refractivity (Wildman–Crippen MR) is 92.2 cm³/mol. The third kappa shape index (κ3) is 4.09. The first-order chi connectivity index (χ1) is 12.2. The minimum Gasteiger partial charge on any atom is -0.466 e. The summed E-state index contributed by atoms with van der Waals surface area (Å²) in [7, 11) is 0. The van der Waals surface area contributed by atoms with Gasteiger partial charge in [-0.2, -0.15) is 0 Å². The van der Waals surface area contributed by atoms with Crippen LogP contribution in [0.25, 0.3) is 0 Å². The molecule has 1 aliphatic heterocycles. The summed E-state index contributed by atoms with van der Waals surface area (Å²) in [6.07, 6.45) is 0.325. The van der Waals surface area contributed by atoms with Crippen molar-refractivity contribution in [1.82, 2.24) is 9.88 Å². The van der Waals surface area contributed by atoms with Gasteiger partial charge in [0.05, 0.1) is 13.0 Å². The van der Waals surface area contributed by atoms with E-state index in [-0.39, 0.29) is 19.0 Å². The third-order valence-electron chi connectivity index (χ3n) is 4.14. The molecule has 0 bridgehead atoms. The average molecular weight is 342 g/mol. The van der Waals surface area contributed by atoms with E-state index in [1.165, 1.54) is 4.57 Å². The lowest BCUT2D eigenvalue weighted by atomic mass is 10.1. The van der Waals surface area contributed by atoms with Gasteiger partial charge in [-0.05, 0) is 24.1 Å². The molecule has 0 atom stereocenters. The molecule has 25 heavy (non-hydrogen) atoms. The highest BCUT2D eigenvalue weighted by molar-refractivity contribution is 5.78. The lowest BCUT2D eigenvalue weighted by Gasteiger charge is -2.17. The Morgan fingerprint density at radius 1 is 1.20 bits per heavy atom. The molecule has 1 N–H and O–H groups in total. The van der Waals surface area contributed by atoms with Crippen molar-refractivity contribution in [2.45, 2.75) is 32.9 Å². The van der Waals surface area contributed by atoms with Crippen LogP contribution in [-0.2, 0) is 40.3 Å². The fraction of sp³-hybridized carbons (Fsp3) is 0.368. The Bertz CT molecular complexity index is 752. The van der Waals surface area contributed by atoms with E-state index in [1.807, 2.05) is 36.4 Å². The molecule has 0 fully saturated rings. The number of nitrogens with zero attached hydrogens (tertiary/aromatic N) is 1. The number of carbonyl (C=O) groups excluding carboxylic acids is 2. The Balaban J connectivity index is 1.81. The molecule has 132 valence electrons. The molecule has 2 aromatic rings. The zero-order valence-electron chi connectivity index (χ0n) is 14.3. The Kier molecular flexibility index (Phi) is 5.50. The maximum Gasteiger partial charge on any atom is 0.418 e. The van der Waals surface area contributed by atoms with Crippen LogP contribution >= 0.6 is 0 Å². The SMILES string of the molecule is CCOC(=O)Cc1cc2c(n1C(=O)OCc1ccccc1)CCNC2. The number of fused-ring (bicyclic) bond motifs is 1. The fourth-order valence-corrected chi connectivity index (χ4v) is 3.02. The topological polar surface area (TPSA) is 69.6 Å². The molecular formula is C19H22N2O4. The van der Waals surface area contributed by atoms with Gasteiger partial charge in [0.2, 0.25) is 0 Å². The Hall–Kier alpha value is -2.60. The van der Waals surface area contributed by atoms with Crippen molar-refractivity contribution in [2.24, 2.45) is 0 Å². The molecule has 1 aromatic carbocycles. The van der Waals surface area contributed by atoms with Crippen molar-refractivity contribution in [2.75, 3.05) is 13.2 Å². The lowest BCUT2D eigenvalue weighted by Crippen LogP contribution is -2.27.